The van der Waals surface area contributed by atoms with Crippen molar-refractivity contribution in [1.29, 1.82) is 0 Å². The van der Waals surface area contributed by atoms with Crippen LogP contribution in [-0.4, -0.2) is 28.0 Å². The first-order valence-electron chi connectivity index (χ1n) is 4.56. The Labute approximate surface area is 94.1 Å². The van der Waals surface area contributed by atoms with Gasteiger partial charge in [0.1, 0.15) is 5.15 Å². The largest absolute Gasteiger partial charge is 0.299 e. The van der Waals surface area contributed by atoms with Gasteiger partial charge in [0.15, 0.2) is 0 Å². The second kappa shape index (κ2) is 5.49. The van der Waals surface area contributed by atoms with E-state index in [0.29, 0.717) is 5.15 Å². The van der Waals surface area contributed by atoms with Crippen LogP contribution in [0.25, 0.3) is 0 Å². The Hall–Kier alpha value is -0.380. The molecule has 14 heavy (non-hydrogen) atoms. The molecule has 3 nitrogen and oxygen atoms in total. The predicted octanol–water partition coefficient (Wildman–Crippen LogP) is 2.63. The number of hydrogen-bond acceptors (Lipinski definition) is 3. The molecule has 1 rings (SSSR count). The molecule has 0 aliphatic carbocycles. The fraction of sp³-hybridized carbons (Fsp3) is 0.556. The average Bonchev–Trinajstić information content (AvgIpc) is 2.17. The highest BCUT2D eigenvalue weighted by molar-refractivity contribution is 6.32. The Morgan fingerprint density at radius 2 is 1.93 bits per heavy atom. The molecule has 0 atom stereocenters. The Balaban J connectivity index is 2.76. The van der Waals surface area contributed by atoms with E-state index in [1.165, 1.54) is 0 Å². The molecule has 0 bridgehead atoms. The van der Waals surface area contributed by atoms with Crippen LogP contribution in [-0.2, 0) is 6.54 Å². The van der Waals surface area contributed by atoms with E-state index >= 15 is 0 Å². The lowest BCUT2D eigenvalue weighted by Crippen LogP contribution is -2.22. The zero-order valence-electron chi connectivity index (χ0n) is 8.30. The van der Waals surface area contributed by atoms with Crippen molar-refractivity contribution in [3.63, 3.8) is 0 Å². The van der Waals surface area contributed by atoms with Gasteiger partial charge in [0.2, 0.25) is 5.28 Å². The van der Waals surface area contributed by atoms with E-state index in [-0.39, 0.29) is 5.28 Å². The normalized spacial score (nSPS) is 10.9. The summed E-state index contributed by atoms with van der Waals surface area (Å²) in [5, 5.41) is 0.634. The molecule has 1 aromatic heterocycles. The second-order valence-electron chi connectivity index (χ2n) is 2.92. The minimum Gasteiger partial charge on any atom is -0.299 e. The number of hydrogen-bond donors (Lipinski definition) is 0. The lowest BCUT2D eigenvalue weighted by atomic mass is 10.3. The van der Waals surface area contributed by atoms with E-state index in [1.54, 1.807) is 6.20 Å². The Bertz CT molecular complexity index is 300. The molecule has 0 saturated heterocycles. The van der Waals surface area contributed by atoms with E-state index in [2.05, 4.69) is 28.7 Å². The van der Waals surface area contributed by atoms with Gasteiger partial charge in [-0.15, -0.1) is 0 Å². The van der Waals surface area contributed by atoms with Crippen LogP contribution in [0.3, 0.4) is 0 Å². The molecular weight excluding hydrogens is 221 g/mol. The third-order valence-corrected chi connectivity index (χ3v) is 2.58. The zero-order chi connectivity index (χ0) is 10.6. The van der Waals surface area contributed by atoms with Crippen LogP contribution in [0.1, 0.15) is 19.4 Å². The molecule has 0 fully saturated rings. The number of halogens is 2. The van der Waals surface area contributed by atoms with Gasteiger partial charge in [-0.25, -0.2) is 9.97 Å². The second-order valence-corrected chi connectivity index (χ2v) is 3.61. The van der Waals surface area contributed by atoms with Crippen LogP contribution in [0.2, 0.25) is 10.4 Å². The van der Waals surface area contributed by atoms with Crippen molar-refractivity contribution in [3.05, 3.63) is 22.2 Å². The first-order chi connectivity index (χ1) is 6.67. The van der Waals surface area contributed by atoms with Gasteiger partial charge in [-0.1, -0.05) is 25.4 Å². The lowest BCUT2D eigenvalue weighted by molar-refractivity contribution is 0.295. The number of rotatable bonds is 4. The Morgan fingerprint density at radius 1 is 1.29 bits per heavy atom. The minimum absolute atomic E-state index is 0.193. The summed E-state index contributed by atoms with van der Waals surface area (Å²) in [5.74, 6) is 0. The van der Waals surface area contributed by atoms with Crippen LogP contribution in [0.15, 0.2) is 6.20 Å². The maximum Gasteiger partial charge on any atom is 0.223 e. The minimum atomic E-state index is 0.193. The van der Waals surface area contributed by atoms with Gasteiger partial charge in [0.05, 0.1) is 0 Å². The van der Waals surface area contributed by atoms with Crippen molar-refractivity contribution in [2.24, 2.45) is 0 Å². The molecule has 0 aliphatic rings. The maximum atomic E-state index is 5.93. The molecule has 0 radical (unpaired) electrons. The highest BCUT2D eigenvalue weighted by Gasteiger charge is 2.07. The summed E-state index contributed by atoms with van der Waals surface area (Å²) >= 11 is 11.5. The first kappa shape index (κ1) is 11.7. The molecule has 0 spiro atoms. The van der Waals surface area contributed by atoms with Crippen molar-refractivity contribution in [1.82, 2.24) is 14.9 Å². The molecule has 1 heterocycles. The van der Waals surface area contributed by atoms with Crippen LogP contribution < -0.4 is 0 Å². The van der Waals surface area contributed by atoms with E-state index < -0.39 is 0 Å². The molecule has 78 valence electrons. The molecule has 0 unspecified atom stereocenters. The van der Waals surface area contributed by atoms with Gasteiger partial charge in [-0.05, 0) is 24.7 Å². The SMILES string of the molecule is CCN(CC)Cc1cnc(Cl)nc1Cl. The predicted molar refractivity (Wildman–Crippen MR) is 58.7 cm³/mol. The fourth-order valence-corrected chi connectivity index (χ4v) is 1.53. The monoisotopic (exact) mass is 233 g/mol. The third-order valence-electron chi connectivity index (χ3n) is 2.07. The van der Waals surface area contributed by atoms with E-state index in [4.69, 9.17) is 23.2 Å². The summed E-state index contributed by atoms with van der Waals surface area (Å²) in [6.07, 6.45) is 1.68. The zero-order valence-corrected chi connectivity index (χ0v) is 9.81. The average molecular weight is 234 g/mol. The van der Waals surface area contributed by atoms with Crippen molar-refractivity contribution in [2.45, 2.75) is 20.4 Å². The molecule has 0 amide bonds. The first-order valence-corrected chi connectivity index (χ1v) is 5.32. The van der Waals surface area contributed by atoms with E-state index in [0.717, 1.165) is 25.2 Å². The van der Waals surface area contributed by atoms with Crippen molar-refractivity contribution >= 4 is 23.2 Å². The summed E-state index contributed by atoms with van der Waals surface area (Å²) in [6.45, 7) is 6.94. The molecule has 0 N–H and O–H groups in total. The van der Waals surface area contributed by atoms with Gasteiger partial charge >= 0.3 is 0 Å². The Morgan fingerprint density at radius 3 is 2.43 bits per heavy atom. The number of aromatic nitrogens is 2. The van der Waals surface area contributed by atoms with Crippen LogP contribution in [0.4, 0.5) is 0 Å². The smallest absolute Gasteiger partial charge is 0.223 e. The van der Waals surface area contributed by atoms with Crippen LogP contribution in [0, 0.1) is 0 Å². The van der Waals surface area contributed by atoms with Gasteiger partial charge in [-0.2, -0.15) is 0 Å². The number of nitrogens with zero attached hydrogens (tertiary/aromatic N) is 3. The molecule has 5 heteroatoms. The summed E-state index contributed by atoms with van der Waals surface area (Å²) in [4.78, 5) is 10.0. The maximum absolute atomic E-state index is 5.93. The van der Waals surface area contributed by atoms with Crippen LogP contribution >= 0.6 is 23.2 Å². The van der Waals surface area contributed by atoms with Gasteiger partial charge in [0.25, 0.3) is 0 Å². The fourth-order valence-electron chi connectivity index (χ4n) is 1.16. The molecule has 1 aromatic rings. The molecule has 0 aliphatic heterocycles. The molecule has 0 saturated carbocycles. The highest BCUT2D eigenvalue weighted by atomic mass is 35.5. The third kappa shape index (κ3) is 3.08. The van der Waals surface area contributed by atoms with Crippen molar-refractivity contribution in [3.8, 4) is 0 Å². The lowest BCUT2D eigenvalue weighted by Gasteiger charge is -2.17. The van der Waals surface area contributed by atoms with E-state index in [9.17, 15) is 0 Å². The van der Waals surface area contributed by atoms with Crippen molar-refractivity contribution in [2.75, 3.05) is 13.1 Å². The topological polar surface area (TPSA) is 29.0 Å². The van der Waals surface area contributed by atoms with Gasteiger partial charge in [-0.3, -0.25) is 4.90 Å². The van der Waals surface area contributed by atoms with E-state index in [1.807, 2.05) is 0 Å². The molecular formula is C9H13Cl2N3. The highest BCUT2D eigenvalue weighted by Crippen LogP contribution is 2.15. The van der Waals surface area contributed by atoms with Crippen LogP contribution in [0.5, 0.6) is 0 Å². The summed E-state index contributed by atoms with van der Waals surface area (Å²) in [5.41, 5.74) is 0.916. The summed E-state index contributed by atoms with van der Waals surface area (Å²) < 4.78 is 0. The standard InChI is InChI=1S/C9H13Cl2N3/c1-3-14(4-2)6-7-5-12-9(11)13-8(7)10/h5H,3-4,6H2,1-2H3. The molecule has 0 aromatic carbocycles. The van der Waals surface area contributed by atoms with Crippen molar-refractivity contribution < 1.29 is 0 Å². The van der Waals surface area contributed by atoms with Gasteiger partial charge < -0.3 is 0 Å². The quantitative estimate of drug-likeness (QED) is 0.592. The summed E-state index contributed by atoms with van der Waals surface area (Å²) in [7, 11) is 0. The Kier molecular flexibility index (Phi) is 4.58. The van der Waals surface area contributed by atoms with Gasteiger partial charge in [0, 0.05) is 18.3 Å². The summed E-state index contributed by atoms with van der Waals surface area (Å²) in [6, 6.07) is 0.